The highest BCUT2D eigenvalue weighted by Crippen LogP contribution is 2.54. The molecular formula is C13H17NOS. The van der Waals surface area contributed by atoms with Crippen LogP contribution >= 0.6 is 11.3 Å². The standard InChI is InChI=1S/C13H17NOS/c1-8-2-3-12(16-8)7-14-13(15)11-5-9-4-10(9)6-11/h2-3,9-11H,4-7H2,1H3,(H,14,15). The fraction of sp³-hybridized carbons (Fsp3) is 0.615. The van der Waals surface area contributed by atoms with Crippen molar-refractivity contribution in [3.8, 4) is 0 Å². The number of fused-ring (bicyclic) bond motifs is 1. The van der Waals surface area contributed by atoms with E-state index in [9.17, 15) is 4.79 Å². The molecular weight excluding hydrogens is 218 g/mol. The topological polar surface area (TPSA) is 29.1 Å². The summed E-state index contributed by atoms with van der Waals surface area (Å²) >= 11 is 1.77. The molecule has 1 aromatic rings. The fourth-order valence-electron chi connectivity index (χ4n) is 2.83. The zero-order valence-corrected chi connectivity index (χ0v) is 10.3. The molecule has 16 heavy (non-hydrogen) atoms. The Kier molecular flexibility index (Phi) is 2.51. The Morgan fingerprint density at radius 1 is 1.38 bits per heavy atom. The maximum absolute atomic E-state index is 11.9. The molecule has 2 aliphatic rings. The van der Waals surface area contributed by atoms with Crippen molar-refractivity contribution in [2.45, 2.75) is 32.7 Å². The lowest BCUT2D eigenvalue weighted by Crippen LogP contribution is -2.29. The van der Waals surface area contributed by atoms with E-state index < -0.39 is 0 Å². The molecule has 1 N–H and O–H groups in total. The maximum atomic E-state index is 11.9. The normalized spacial score (nSPS) is 31.2. The molecule has 2 aliphatic carbocycles. The molecule has 2 atom stereocenters. The Morgan fingerprint density at radius 3 is 2.75 bits per heavy atom. The van der Waals surface area contributed by atoms with E-state index in [1.165, 1.54) is 16.2 Å². The van der Waals surface area contributed by atoms with E-state index in [-0.39, 0.29) is 5.91 Å². The van der Waals surface area contributed by atoms with Gasteiger partial charge in [0.05, 0.1) is 6.54 Å². The number of nitrogens with one attached hydrogen (secondary N) is 1. The van der Waals surface area contributed by atoms with Gasteiger partial charge in [-0.25, -0.2) is 0 Å². The zero-order valence-electron chi connectivity index (χ0n) is 9.53. The Morgan fingerprint density at radius 2 is 2.12 bits per heavy atom. The van der Waals surface area contributed by atoms with Gasteiger partial charge in [-0.05, 0) is 50.2 Å². The van der Waals surface area contributed by atoms with Gasteiger partial charge in [-0.15, -0.1) is 11.3 Å². The van der Waals surface area contributed by atoms with E-state index in [4.69, 9.17) is 0 Å². The van der Waals surface area contributed by atoms with Crippen LogP contribution < -0.4 is 5.32 Å². The van der Waals surface area contributed by atoms with E-state index in [0.29, 0.717) is 12.5 Å². The van der Waals surface area contributed by atoms with Gasteiger partial charge in [0.2, 0.25) is 5.91 Å². The highest BCUT2D eigenvalue weighted by molar-refractivity contribution is 7.11. The highest BCUT2D eigenvalue weighted by Gasteiger charge is 2.47. The predicted molar refractivity (Wildman–Crippen MR) is 65.2 cm³/mol. The van der Waals surface area contributed by atoms with Gasteiger partial charge in [0.15, 0.2) is 0 Å². The lowest BCUT2D eigenvalue weighted by molar-refractivity contribution is -0.125. The summed E-state index contributed by atoms with van der Waals surface area (Å²) in [5.74, 6) is 2.36. The van der Waals surface area contributed by atoms with E-state index in [0.717, 1.165) is 24.7 Å². The van der Waals surface area contributed by atoms with Crippen LogP contribution in [0.15, 0.2) is 12.1 Å². The van der Waals surface area contributed by atoms with Crippen molar-refractivity contribution in [2.75, 3.05) is 0 Å². The first-order valence-electron chi connectivity index (χ1n) is 6.05. The van der Waals surface area contributed by atoms with Gasteiger partial charge < -0.3 is 5.32 Å². The van der Waals surface area contributed by atoms with Gasteiger partial charge in [-0.1, -0.05) is 0 Å². The summed E-state index contributed by atoms with van der Waals surface area (Å²) in [5, 5.41) is 3.07. The largest absolute Gasteiger partial charge is 0.351 e. The Bertz CT molecular complexity index is 402. The minimum absolute atomic E-state index is 0.276. The maximum Gasteiger partial charge on any atom is 0.223 e. The molecule has 1 amide bonds. The van der Waals surface area contributed by atoms with Gasteiger partial charge in [0.1, 0.15) is 0 Å². The molecule has 3 heteroatoms. The number of carbonyl (C=O) groups excluding carboxylic acids is 1. The molecule has 0 aromatic carbocycles. The summed E-state index contributed by atoms with van der Waals surface area (Å²) in [7, 11) is 0. The third-order valence-corrected chi connectivity index (χ3v) is 4.85. The highest BCUT2D eigenvalue weighted by atomic mass is 32.1. The Hall–Kier alpha value is -0.830. The molecule has 1 aromatic heterocycles. The Balaban J connectivity index is 1.49. The van der Waals surface area contributed by atoms with Crippen LogP contribution in [0.1, 0.15) is 29.0 Å². The lowest BCUT2D eigenvalue weighted by atomic mass is 10.0. The molecule has 0 saturated heterocycles. The van der Waals surface area contributed by atoms with Gasteiger partial charge in [-0.2, -0.15) is 0 Å². The average Bonchev–Trinajstić information content (AvgIpc) is 2.71. The van der Waals surface area contributed by atoms with E-state index in [1.54, 1.807) is 11.3 Å². The van der Waals surface area contributed by atoms with Crippen molar-refractivity contribution in [1.29, 1.82) is 0 Å². The molecule has 1 heterocycles. The van der Waals surface area contributed by atoms with E-state index >= 15 is 0 Å². The van der Waals surface area contributed by atoms with Gasteiger partial charge in [0, 0.05) is 15.7 Å². The molecule has 3 rings (SSSR count). The van der Waals surface area contributed by atoms with Crippen molar-refractivity contribution in [3.05, 3.63) is 21.9 Å². The number of hydrogen-bond donors (Lipinski definition) is 1. The smallest absolute Gasteiger partial charge is 0.223 e. The second-order valence-electron chi connectivity index (χ2n) is 5.15. The molecule has 0 spiro atoms. The van der Waals surface area contributed by atoms with Crippen molar-refractivity contribution in [1.82, 2.24) is 5.32 Å². The molecule has 2 unspecified atom stereocenters. The van der Waals surface area contributed by atoms with E-state index in [1.807, 2.05) is 0 Å². The van der Waals surface area contributed by atoms with E-state index in [2.05, 4.69) is 24.4 Å². The molecule has 86 valence electrons. The van der Waals surface area contributed by atoms with Crippen LogP contribution in [-0.2, 0) is 11.3 Å². The number of rotatable bonds is 3. The van der Waals surface area contributed by atoms with Crippen LogP contribution in [0.3, 0.4) is 0 Å². The SMILES string of the molecule is Cc1ccc(CNC(=O)C2CC3CC3C2)s1. The summed E-state index contributed by atoms with van der Waals surface area (Å²) in [5.41, 5.74) is 0. The molecule has 2 nitrogen and oxygen atoms in total. The predicted octanol–water partition coefficient (Wildman–Crippen LogP) is 2.72. The fourth-order valence-corrected chi connectivity index (χ4v) is 3.66. The third-order valence-electron chi connectivity index (χ3n) is 3.85. The van der Waals surface area contributed by atoms with Crippen LogP contribution in [0.25, 0.3) is 0 Å². The number of thiophene rings is 1. The molecule has 2 fully saturated rings. The van der Waals surface area contributed by atoms with Crippen molar-refractivity contribution in [2.24, 2.45) is 17.8 Å². The number of aryl methyl sites for hydroxylation is 1. The summed E-state index contributed by atoms with van der Waals surface area (Å²) in [6.45, 7) is 2.81. The molecule has 0 bridgehead atoms. The Labute approximate surface area is 100 Å². The summed E-state index contributed by atoms with van der Waals surface area (Å²) in [4.78, 5) is 14.5. The first kappa shape index (κ1) is 10.3. The van der Waals surface area contributed by atoms with Crippen molar-refractivity contribution < 1.29 is 4.79 Å². The summed E-state index contributed by atoms with van der Waals surface area (Å²) in [6, 6.07) is 4.21. The monoisotopic (exact) mass is 235 g/mol. The van der Waals surface area contributed by atoms with Crippen molar-refractivity contribution >= 4 is 17.2 Å². The minimum atomic E-state index is 0.276. The van der Waals surface area contributed by atoms with Crippen molar-refractivity contribution in [3.63, 3.8) is 0 Å². The number of hydrogen-bond acceptors (Lipinski definition) is 2. The quantitative estimate of drug-likeness (QED) is 0.857. The summed E-state index contributed by atoms with van der Waals surface area (Å²) in [6.07, 6.45) is 3.66. The second-order valence-corrected chi connectivity index (χ2v) is 6.53. The number of carbonyl (C=O) groups is 1. The van der Waals surface area contributed by atoms with Crippen LogP contribution in [-0.4, -0.2) is 5.91 Å². The van der Waals surface area contributed by atoms with Gasteiger partial charge >= 0.3 is 0 Å². The zero-order chi connectivity index (χ0) is 11.1. The molecule has 0 aliphatic heterocycles. The second kappa shape index (κ2) is 3.88. The van der Waals surface area contributed by atoms with Crippen LogP contribution in [0, 0.1) is 24.7 Å². The third kappa shape index (κ3) is 2.01. The average molecular weight is 235 g/mol. The molecule has 0 radical (unpaired) electrons. The van der Waals surface area contributed by atoms with Gasteiger partial charge in [-0.3, -0.25) is 4.79 Å². The van der Waals surface area contributed by atoms with Crippen LogP contribution in [0.2, 0.25) is 0 Å². The minimum Gasteiger partial charge on any atom is -0.351 e. The number of amides is 1. The van der Waals surface area contributed by atoms with Crippen LogP contribution in [0.4, 0.5) is 0 Å². The van der Waals surface area contributed by atoms with Gasteiger partial charge in [0.25, 0.3) is 0 Å². The summed E-state index contributed by atoms with van der Waals surface area (Å²) < 4.78 is 0. The first-order valence-corrected chi connectivity index (χ1v) is 6.87. The molecule has 2 saturated carbocycles. The first-order chi connectivity index (χ1) is 7.72. The van der Waals surface area contributed by atoms with Crippen LogP contribution in [0.5, 0.6) is 0 Å². The lowest BCUT2D eigenvalue weighted by Gasteiger charge is -2.11.